The summed E-state index contributed by atoms with van der Waals surface area (Å²) in [6.45, 7) is 2.86. The highest BCUT2D eigenvalue weighted by Crippen LogP contribution is 2.19. The van der Waals surface area contributed by atoms with Crippen molar-refractivity contribution in [2.45, 2.75) is 19.1 Å². The zero-order valence-corrected chi connectivity index (χ0v) is 11.4. The molecule has 0 aliphatic carbocycles. The molecule has 0 aromatic carbocycles. The molecule has 0 radical (unpaired) electrons. The van der Waals surface area contributed by atoms with Gasteiger partial charge >= 0.3 is 0 Å². The van der Waals surface area contributed by atoms with Crippen LogP contribution in [0.25, 0.3) is 0 Å². The summed E-state index contributed by atoms with van der Waals surface area (Å²) in [5.74, 6) is 0.285. The molecule has 1 fully saturated rings. The van der Waals surface area contributed by atoms with Crippen LogP contribution in [0.3, 0.4) is 0 Å². The van der Waals surface area contributed by atoms with E-state index in [-0.39, 0.29) is 18.1 Å². The molecule has 2 heterocycles. The summed E-state index contributed by atoms with van der Waals surface area (Å²) >= 11 is 0. The molecule has 2 N–H and O–H groups in total. The van der Waals surface area contributed by atoms with Gasteiger partial charge in [-0.3, -0.25) is 4.79 Å². The Morgan fingerprint density at radius 1 is 1.32 bits per heavy atom. The number of pyridine rings is 1. The fraction of sp³-hybridized carbons (Fsp3) is 0.538. The minimum atomic E-state index is -0.0887. The maximum atomic E-state index is 12.4. The highest BCUT2D eigenvalue weighted by molar-refractivity contribution is 5.95. The van der Waals surface area contributed by atoms with Gasteiger partial charge in [-0.05, 0) is 19.1 Å². The van der Waals surface area contributed by atoms with Crippen molar-refractivity contribution in [3.8, 4) is 0 Å². The molecule has 2 unspecified atom stereocenters. The highest BCUT2D eigenvalue weighted by Gasteiger charge is 2.35. The lowest BCUT2D eigenvalue weighted by molar-refractivity contribution is -0.00461. The Labute approximate surface area is 112 Å². The van der Waals surface area contributed by atoms with Crippen LogP contribution in [0.15, 0.2) is 12.1 Å². The molecule has 1 saturated heterocycles. The Morgan fingerprint density at radius 2 is 1.89 bits per heavy atom. The second-order valence-electron chi connectivity index (χ2n) is 4.68. The Balaban J connectivity index is 2.16. The third-order valence-electron chi connectivity index (χ3n) is 3.33. The number of likely N-dealkylation sites (tertiary alicyclic amines) is 1. The average molecular weight is 265 g/mol. The van der Waals surface area contributed by atoms with Crippen LogP contribution in [0.5, 0.6) is 0 Å². The summed E-state index contributed by atoms with van der Waals surface area (Å²) in [7, 11) is 3.25. The Bertz CT molecular complexity index is 446. The van der Waals surface area contributed by atoms with Gasteiger partial charge < -0.3 is 20.1 Å². The molecule has 104 valence electrons. The van der Waals surface area contributed by atoms with Gasteiger partial charge in [-0.2, -0.15) is 0 Å². The summed E-state index contributed by atoms with van der Waals surface area (Å²) in [4.78, 5) is 18.2. The number of nitrogen functional groups attached to an aromatic ring is 1. The minimum absolute atomic E-state index is 0.0706. The fourth-order valence-electron chi connectivity index (χ4n) is 2.36. The number of hydrogen-bond acceptors (Lipinski definition) is 5. The number of anilines is 1. The number of aromatic nitrogens is 1. The predicted molar refractivity (Wildman–Crippen MR) is 70.9 cm³/mol. The number of ether oxygens (including phenoxy) is 2. The SMILES string of the molecule is COC1CN(C(=O)c2cc(C)nc(N)c2)CC1OC. The largest absolute Gasteiger partial charge is 0.384 e. The van der Waals surface area contributed by atoms with Crippen LogP contribution in [-0.4, -0.2) is 55.3 Å². The van der Waals surface area contributed by atoms with E-state index in [1.165, 1.54) is 0 Å². The topological polar surface area (TPSA) is 77.7 Å². The van der Waals surface area contributed by atoms with Crippen LogP contribution >= 0.6 is 0 Å². The first kappa shape index (κ1) is 13.8. The molecule has 0 spiro atoms. The van der Waals surface area contributed by atoms with Gasteiger partial charge in [-0.15, -0.1) is 0 Å². The summed E-state index contributed by atoms with van der Waals surface area (Å²) in [6.07, 6.45) is -0.177. The number of carbonyl (C=O) groups is 1. The molecule has 1 aromatic rings. The van der Waals surface area contributed by atoms with Crippen molar-refractivity contribution in [3.63, 3.8) is 0 Å². The van der Waals surface area contributed by atoms with E-state index in [9.17, 15) is 4.79 Å². The van der Waals surface area contributed by atoms with Crippen molar-refractivity contribution in [2.75, 3.05) is 33.0 Å². The lowest BCUT2D eigenvalue weighted by atomic mass is 10.2. The molecule has 1 amide bonds. The molecule has 0 saturated carbocycles. The predicted octanol–water partition coefficient (Wildman–Crippen LogP) is 0.458. The quantitative estimate of drug-likeness (QED) is 0.859. The molecule has 6 nitrogen and oxygen atoms in total. The smallest absolute Gasteiger partial charge is 0.254 e. The molecular formula is C13H19N3O3. The van der Waals surface area contributed by atoms with E-state index in [0.29, 0.717) is 24.5 Å². The van der Waals surface area contributed by atoms with E-state index >= 15 is 0 Å². The van der Waals surface area contributed by atoms with Crippen LogP contribution in [0.2, 0.25) is 0 Å². The van der Waals surface area contributed by atoms with Gasteiger partial charge in [-0.1, -0.05) is 0 Å². The monoisotopic (exact) mass is 265 g/mol. The van der Waals surface area contributed by atoms with Gasteiger partial charge in [0.1, 0.15) is 18.0 Å². The van der Waals surface area contributed by atoms with Crippen molar-refractivity contribution in [1.29, 1.82) is 0 Å². The number of hydrogen-bond donors (Lipinski definition) is 1. The summed E-state index contributed by atoms with van der Waals surface area (Å²) in [6, 6.07) is 3.33. The van der Waals surface area contributed by atoms with Crippen LogP contribution in [-0.2, 0) is 9.47 Å². The number of nitrogens with zero attached hydrogens (tertiary/aromatic N) is 2. The van der Waals surface area contributed by atoms with Gasteiger partial charge in [0.2, 0.25) is 0 Å². The van der Waals surface area contributed by atoms with Crippen molar-refractivity contribution in [2.24, 2.45) is 0 Å². The van der Waals surface area contributed by atoms with Crippen molar-refractivity contribution in [1.82, 2.24) is 9.88 Å². The molecular weight excluding hydrogens is 246 g/mol. The lowest BCUT2D eigenvalue weighted by Gasteiger charge is -2.16. The van der Waals surface area contributed by atoms with Crippen LogP contribution in [0.1, 0.15) is 16.1 Å². The third-order valence-corrected chi connectivity index (χ3v) is 3.33. The highest BCUT2D eigenvalue weighted by atomic mass is 16.5. The minimum Gasteiger partial charge on any atom is -0.384 e. The van der Waals surface area contributed by atoms with E-state index in [4.69, 9.17) is 15.2 Å². The van der Waals surface area contributed by atoms with E-state index in [1.807, 2.05) is 6.92 Å². The third kappa shape index (κ3) is 2.85. The average Bonchev–Trinajstić information content (AvgIpc) is 2.79. The zero-order valence-electron chi connectivity index (χ0n) is 11.4. The molecule has 19 heavy (non-hydrogen) atoms. The van der Waals surface area contributed by atoms with Crippen LogP contribution in [0, 0.1) is 6.92 Å². The maximum Gasteiger partial charge on any atom is 0.254 e. The molecule has 2 rings (SSSR count). The normalized spacial score (nSPS) is 22.8. The van der Waals surface area contributed by atoms with Crippen LogP contribution in [0.4, 0.5) is 5.82 Å². The van der Waals surface area contributed by atoms with Gasteiger partial charge in [0.05, 0.1) is 0 Å². The molecule has 6 heteroatoms. The second kappa shape index (κ2) is 5.54. The Morgan fingerprint density at radius 3 is 2.37 bits per heavy atom. The zero-order chi connectivity index (χ0) is 14.0. The number of aryl methyl sites for hydroxylation is 1. The first-order chi connectivity index (χ1) is 9.05. The Hall–Kier alpha value is -1.66. The van der Waals surface area contributed by atoms with Gasteiger partial charge in [0.25, 0.3) is 5.91 Å². The van der Waals surface area contributed by atoms with Gasteiger partial charge in [0.15, 0.2) is 0 Å². The van der Waals surface area contributed by atoms with E-state index in [0.717, 1.165) is 5.69 Å². The standard InChI is InChI=1S/C13H19N3O3/c1-8-4-9(5-12(14)15-8)13(17)16-6-10(18-2)11(7-16)19-3/h4-5,10-11H,6-7H2,1-3H3,(H2,14,15). The first-order valence-electron chi connectivity index (χ1n) is 6.14. The number of rotatable bonds is 3. The first-order valence-corrected chi connectivity index (χ1v) is 6.14. The van der Waals surface area contributed by atoms with Gasteiger partial charge in [-0.25, -0.2) is 4.98 Å². The molecule has 1 aliphatic rings. The summed E-state index contributed by atoms with van der Waals surface area (Å²) < 4.78 is 10.6. The number of methoxy groups -OCH3 is 2. The van der Waals surface area contributed by atoms with Crippen LogP contribution < -0.4 is 5.73 Å². The number of nitrogens with two attached hydrogens (primary N) is 1. The molecule has 1 aliphatic heterocycles. The van der Waals surface area contributed by atoms with E-state index in [1.54, 1.807) is 31.3 Å². The van der Waals surface area contributed by atoms with Gasteiger partial charge in [0, 0.05) is 38.6 Å². The van der Waals surface area contributed by atoms with Crippen molar-refractivity contribution in [3.05, 3.63) is 23.4 Å². The molecule has 0 bridgehead atoms. The summed E-state index contributed by atoms with van der Waals surface area (Å²) in [5.41, 5.74) is 6.95. The number of carbonyl (C=O) groups excluding carboxylic acids is 1. The molecule has 1 aromatic heterocycles. The molecule has 2 atom stereocenters. The number of amides is 1. The Kier molecular flexibility index (Phi) is 4.01. The maximum absolute atomic E-state index is 12.4. The lowest BCUT2D eigenvalue weighted by Crippen LogP contribution is -2.30. The second-order valence-corrected chi connectivity index (χ2v) is 4.68. The summed E-state index contributed by atoms with van der Waals surface area (Å²) in [5, 5.41) is 0. The van der Waals surface area contributed by atoms with Crippen molar-refractivity contribution >= 4 is 11.7 Å². The fourth-order valence-corrected chi connectivity index (χ4v) is 2.36. The van der Waals surface area contributed by atoms with E-state index < -0.39 is 0 Å². The van der Waals surface area contributed by atoms with Crippen molar-refractivity contribution < 1.29 is 14.3 Å². The van der Waals surface area contributed by atoms with E-state index in [2.05, 4.69) is 4.98 Å².